The van der Waals surface area contributed by atoms with E-state index in [1.54, 1.807) is 0 Å². The van der Waals surface area contributed by atoms with Crippen molar-refractivity contribution in [2.75, 3.05) is 11.9 Å². The Bertz CT molecular complexity index is 344. The van der Waals surface area contributed by atoms with Crippen LogP contribution in [0.3, 0.4) is 0 Å². The molecule has 0 aliphatic rings. The van der Waals surface area contributed by atoms with Crippen LogP contribution in [0.4, 0.5) is 10.2 Å². The molecule has 0 aliphatic carbocycles. The lowest BCUT2D eigenvalue weighted by atomic mass is 10.1. The molecule has 0 spiro atoms. The van der Waals surface area contributed by atoms with Gasteiger partial charge in [0, 0.05) is 18.7 Å². The fourth-order valence-corrected chi connectivity index (χ4v) is 1.73. The molecular weight excluding hydrogens is 207 g/mol. The van der Waals surface area contributed by atoms with Crippen LogP contribution in [0, 0.1) is 5.82 Å². The second kappa shape index (κ2) is 5.80. The fraction of sp³-hybridized carbons (Fsp3) is 0.583. The topological polar surface area (TPSA) is 36.4 Å². The summed E-state index contributed by atoms with van der Waals surface area (Å²) in [4.78, 5) is 6.02. The maximum Gasteiger partial charge on any atom is 0.142 e. The van der Waals surface area contributed by atoms with Crippen LogP contribution in [0.5, 0.6) is 0 Å². The molecule has 90 valence electrons. The Morgan fingerprint density at radius 1 is 1.56 bits per heavy atom. The van der Waals surface area contributed by atoms with Gasteiger partial charge >= 0.3 is 0 Å². The molecule has 1 atom stereocenters. The molecule has 0 bridgehead atoms. The zero-order valence-electron chi connectivity index (χ0n) is 10.1. The quantitative estimate of drug-likeness (QED) is 0.837. The van der Waals surface area contributed by atoms with E-state index in [0.29, 0.717) is 17.4 Å². The molecule has 0 saturated carbocycles. The van der Waals surface area contributed by atoms with Crippen LogP contribution in [0.2, 0.25) is 0 Å². The van der Waals surface area contributed by atoms with E-state index in [4.69, 9.17) is 0 Å². The van der Waals surface area contributed by atoms with Crippen molar-refractivity contribution in [1.82, 2.24) is 4.98 Å². The van der Waals surface area contributed by atoms with Gasteiger partial charge in [-0.15, -0.1) is 0 Å². The molecule has 1 rings (SSSR count). The number of hydrogen-bond acceptors (Lipinski definition) is 3. The second-order valence-electron chi connectivity index (χ2n) is 4.04. The minimum Gasteiger partial charge on any atom is -0.392 e. The molecule has 3 nitrogen and oxygen atoms in total. The van der Waals surface area contributed by atoms with Gasteiger partial charge in [0.1, 0.15) is 11.6 Å². The Kier molecular flexibility index (Phi) is 4.68. The molecule has 0 amide bonds. The summed E-state index contributed by atoms with van der Waals surface area (Å²) in [6, 6.07) is 1.66. The first-order valence-electron chi connectivity index (χ1n) is 5.58. The van der Waals surface area contributed by atoms with Gasteiger partial charge in [0.05, 0.1) is 12.8 Å². The number of aliphatic hydroxyl groups is 1. The third kappa shape index (κ3) is 2.92. The van der Waals surface area contributed by atoms with E-state index in [0.717, 1.165) is 12.8 Å². The lowest BCUT2D eigenvalue weighted by molar-refractivity contribution is 0.280. The molecule has 1 heterocycles. The Hall–Kier alpha value is -1.16. The summed E-state index contributed by atoms with van der Waals surface area (Å²) in [5.41, 5.74) is 0.533. The largest absolute Gasteiger partial charge is 0.392 e. The average molecular weight is 226 g/mol. The van der Waals surface area contributed by atoms with Gasteiger partial charge in [-0.05, 0) is 19.4 Å². The van der Waals surface area contributed by atoms with Crippen LogP contribution < -0.4 is 4.90 Å². The standard InChI is InChI=1S/C12H19FN2O/c1-4-5-9(2)15(3)12-10(8-16)6-11(13)7-14-12/h6-7,9,16H,4-5,8H2,1-3H3. The fourth-order valence-electron chi connectivity index (χ4n) is 1.73. The Balaban J connectivity index is 2.93. The van der Waals surface area contributed by atoms with Crippen LogP contribution in [-0.4, -0.2) is 23.2 Å². The van der Waals surface area contributed by atoms with Crippen LogP contribution in [-0.2, 0) is 6.61 Å². The molecule has 0 fully saturated rings. The molecule has 16 heavy (non-hydrogen) atoms. The van der Waals surface area contributed by atoms with E-state index < -0.39 is 5.82 Å². The smallest absolute Gasteiger partial charge is 0.142 e. The maximum absolute atomic E-state index is 13.0. The van der Waals surface area contributed by atoms with Crippen molar-refractivity contribution < 1.29 is 9.50 Å². The lowest BCUT2D eigenvalue weighted by Gasteiger charge is -2.27. The van der Waals surface area contributed by atoms with Crippen LogP contribution in [0.1, 0.15) is 32.3 Å². The van der Waals surface area contributed by atoms with E-state index in [9.17, 15) is 9.50 Å². The number of aromatic nitrogens is 1. The SMILES string of the molecule is CCCC(C)N(C)c1ncc(F)cc1CO. The average Bonchev–Trinajstić information content (AvgIpc) is 2.28. The molecular formula is C12H19FN2O. The molecule has 0 aromatic carbocycles. The van der Waals surface area contributed by atoms with Crippen LogP contribution >= 0.6 is 0 Å². The highest BCUT2D eigenvalue weighted by Crippen LogP contribution is 2.20. The number of hydrogen-bond donors (Lipinski definition) is 1. The first-order valence-corrected chi connectivity index (χ1v) is 5.58. The zero-order chi connectivity index (χ0) is 12.1. The highest BCUT2D eigenvalue weighted by atomic mass is 19.1. The van der Waals surface area contributed by atoms with E-state index in [2.05, 4.69) is 18.8 Å². The van der Waals surface area contributed by atoms with Crippen LogP contribution in [0.25, 0.3) is 0 Å². The van der Waals surface area contributed by atoms with E-state index in [-0.39, 0.29) is 6.61 Å². The van der Waals surface area contributed by atoms with Gasteiger partial charge in [-0.3, -0.25) is 0 Å². The van der Waals surface area contributed by atoms with Crippen molar-refractivity contribution in [3.8, 4) is 0 Å². The number of nitrogens with zero attached hydrogens (tertiary/aromatic N) is 2. The summed E-state index contributed by atoms with van der Waals surface area (Å²) < 4.78 is 13.0. The van der Waals surface area contributed by atoms with E-state index >= 15 is 0 Å². The molecule has 1 unspecified atom stereocenters. The highest BCUT2D eigenvalue weighted by molar-refractivity contribution is 5.46. The molecule has 1 N–H and O–H groups in total. The van der Waals surface area contributed by atoms with Crippen LogP contribution in [0.15, 0.2) is 12.3 Å². The van der Waals surface area contributed by atoms with Gasteiger partial charge in [-0.25, -0.2) is 9.37 Å². The molecule has 1 aromatic heterocycles. The summed E-state index contributed by atoms with van der Waals surface area (Å²) in [5.74, 6) is 0.245. The molecule has 1 aromatic rings. The van der Waals surface area contributed by atoms with Crippen molar-refractivity contribution in [1.29, 1.82) is 0 Å². The Morgan fingerprint density at radius 2 is 2.25 bits per heavy atom. The molecule has 4 heteroatoms. The van der Waals surface area contributed by atoms with E-state index in [1.165, 1.54) is 12.3 Å². The first kappa shape index (κ1) is 12.9. The zero-order valence-corrected chi connectivity index (χ0v) is 10.1. The number of pyridine rings is 1. The molecule has 0 aliphatic heterocycles. The van der Waals surface area contributed by atoms with Crippen molar-refractivity contribution >= 4 is 5.82 Å². The summed E-state index contributed by atoms with van der Waals surface area (Å²) in [5, 5.41) is 9.17. The number of halogens is 1. The number of anilines is 1. The lowest BCUT2D eigenvalue weighted by Crippen LogP contribution is -2.30. The van der Waals surface area contributed by atoms with E-state index in [1.807, 2.05) is 11.9 Å². The third-order valence-corrected chi connectivity index (χ3v) is 2.78. The van der Waals surface area contributed by atoms with Gasteiger partial charge in [0.25, 0.3) is 0 Å². The first-order chi connectivity index (χ1) is 7.60. The molecule has 0 saturated heterocycles. The summed E-state index contributed by atoms with van der Waals surface area (Å²) in [6.45, 7) is 4.02. The van der Waals surface area contributed by atoms with Crippen molar-refractivity contribution in [2.24, 2.45) is 0 Å². The summed E-state index contributed by atoms with van der Waals surface area (Å²) in [6.07, 6.45) is 3.31. The minimum atomic E-state index is -0.413. The predicted molar refractivity (Wildman–Crippen MR) is 62.9 cm³/mol. The Morgan fingerprint density at radius 3 is 2.81 bits per heavy atom. The van der Waals surface area contributed by atoms with Gasteiger partial charge in [0.2, 0.25) is 0 Å². The molecule has 0 radical (unpaired) electrons. The normalized spacial score (nSPS) is 12.6. The summed E-state index contributed by atoms with van der Waals surface area (Å²) >= 11 is 0. The highest BCUT2D eigenvalue weighted by Gasteiger charge is 2.14. The maximum atomic E-state index is 13.0. The number of aliphatic hydroxyl groups excluding tert-OH is 1. The van der Waals surface area contributed by atoms with Gasteiger partial charge in [-0.2, -0.15) is 0 Å². The van der Waals surface area contributed by atoms with Gasteiger partial charge in [0.15, 0.2) is 0 Å². The van der Waals surface area contributed by atoms with Crippen molar-refractivity contribution in [3.63, 3.8) is 0 Å². The summed E-state index contributed by atoms with van der Waals surface area (Å²) in [7, 11) is 1.92. The number of rotatable bonds is 5. The van der Waals surface area contributed by atoms with Crippen molar-refractivity contribution in [2.45, 2.75) is 39.3 Å². The second-order valence-corrected chi connectivity index (χ2v) is 4.04. The Labute approximate surface area is 95.9 Å². The van der Waals surface area contributed by atoms with Gasteiger partial charge < -0.3 is 10.0 Å². The van der Waals surface area contributed by atoms with Gasteiger partial charge in [-0.1, -0.05) is 13.3 Å². The monoisotopic (exact) mass is 226 g/mol. The third-order valence-electron chi connectivity index (χ3n) is 2.78. The minimum absolute atomic E-state index is 0.191. The predicted octanol–water partition coefficient (Wildman–Crippen LogP) is 2.34. The van der Waals surface area contributed by atoms with Crippen molar-refractivity contribution in [3.05, 3.63) is 23.6 Å².